The van der Waals surface area contributed by atoms with E-state index in [0.717, 1.165) is 29.2 Å². The van der Waals surface area contributed by atoms with Gasteiger partial charge in [-0.2, -0.15) is 0 Å². The topological polar surface area (TPSA) is 6.48 Å². The van der Waals surface area contributed by atoms with Crippen molar-refractivity contribution >= 4 is 77.2 Å². The smallest absolute Gasteiger partial charge is 0.0573 e. The van der Waals surface area contributed by atoms with E-state index in [1.54, 1.807) is 0 Å². The van der Waals surface area contributed by atoms with Gasteiger partial charge in [0.1, 0.15) is 0 Å². The Hall–Kier alpha value is -7.94. The maximum absolute atomic E-state index is 2.59. The van der Waals surface area contributed by atoms with Gasteiger partial charge in [0.15, 0.2) is 0 Å². The number of hydrogen-bond donors (Lipinski definition) is 0. The first-order chi connectivity index (χ1) is 34.5. The van der Waals surface area contributed by atoms with Crippen LogP contribution in [0.3, 0.4) is 0 Å². The third-order valence-electron chi connectivity index (χ3n) is 15.0. The van der Waals surface area contributed by atoms with Gasteiger partial charge >= 0.3 is 0 Å². The van der Waals surface area contributed by atoms with E-state index in [9.17, 15) is 0 Å². The zero-order valence-electron chi connectivity index (χ0n) is 40.2. The monoisotopic (exact) mass is 902 g/mol. The summed E-state index contributed by atoms with van der Waals surface area (Å²) in [5.74, 6) is 0.998. The van der Waals surface area contributed by atoms with Crippen molar-refractivity contribution < 1.29 is 0 Å². The molecule has 0 amide bonds. The predicted octanol–water partition coefficient (Wildman–Crippen LogP) is 19.8. The minimum absolute atomic E-state index is 0.410. The highest BCUT2D eigenvalue weighted by Gasteiger charge is 2.28. The Bertz CT molecular complexity index is 3620. The van der Waals surface area contributed by atoms with Gasteiger partial charge in [-0.25, -0.2) is 0 Å². The number of rotatable bonds is 11. The highest BCUT2D eigenvalue weighted by atomic mass is 15.2. The standard InChI is InChI=1S/C68H58N2/c1-47(2)55-26-27-58-44-66-65(45-59(58)41-55)67(69(63-38-32-51-22-12-14-24-56(51)42-63)61-34-28-53(29-35-61)49-18-8-4-9-19-49)46-60(40-48-16-6-3-7-17-48)68(66)70(64-39-33-52-23-13-15-25-57(52)43-64)62-36-30-54(31-37-62)50-20-10-5-11-21-50/h4-5,8-15,18-39,41-48H,3,6-7,16-17,40H2,1-2H3. The summed E-state index contributed by atoms with van der Waals surface area (Å²) in [4.78, 5) is 5.14. The molecule has 1 aliphatic carbocycles. The minimum atomic E-state index is 0.410. The first kappa shape index (κ1) is 43.3. The van der Waals surface area contributed by atoms with Gasteiger partial charge in [0.2, 0.25) is 0 Å². The van der Waals surface area contributed by atoms with Crippen molar-refractivity contribution in [1.82, 2.24) is 0 Å². The fourth-order valence-electron chi connectivity index (χ4n) is 11.2. The van der Waals surface area contributed by atoms with E-state index in [1.165, 1.54) is 120 Å². The van der Waals surface area contributed by atoms with Crippen LogP contribution in [0.1, 0.15) is 63.0 Å². The van der Waals surface area contributed by atoms with E-state index < -0.39 is 0 Å². The Morgan fingerprint density at radius 2 is 0.829 bits per heavy atom. The molecule has 70 heavy (non-hydrogen) atoms. The minimum Gasteiger partial charge on any atom is -0.310 e. The number of fused-ring (bicyclic) bond motifs is 4. The van der Waals surface area contributed by atoms with Gasteiger partial charge in [-0.15, -0.1) is 0 Å². The molecule has 1 fully saturated rings. The first-order valence-electron chi connectivity index (χ1n) is 25.4. The van der Waals surface area contributed by atoms with Crippen LogP contribution in [0.4, 0.5) is 34.1 Å². The maximum atomic E-state index is 2.59. The molecule has 11 aromatic rings. The Balaban J connectivity index is 1.17. The van der Waals surface area contributed by atoms with E-state index in [1.807, 2.05) is 0 Å². The van der Waals surface area contributed by atoms with Crippen LogP contribution in [-0.2, 0) is 6.42 Å². The van der Waals surface area contributed by atoms with Crippen molar-refractivity contribution in [2.45, 2.75) is 58.3 Å². The summed E-state index contributed by atoms with van der Waals surface area (Å²) >= 11 is 0. The van der Waals surface area contributed by atoms with Crippen molar-refractivity contribution in [2.24, 2.45) is 5.92 Å². The molecular weight excluding hydrogens is 845 g/mol. The summed E-state index contributed by atoms with van der Waals surface area (Å²) in [6.45, 7) is 4.60. The fourth-order valence-corrected chi connectivity index (χ4v) is 11.2. The molecule has 2 heteroatoms. The second-order valence-electron chi connectivity index (χ2n) is 19.8. The Morgan fingerprint density at radius 1 is 0.371 bits per heavy atom. The molecule has 2 nitrogen and oxygen atoms in total. The molecule has 340 valence electrons. The van der Waals surface area contributed by atoms with E-state index in [4.69, 9.17) is 0 Å². The largest absolute Gasteiger partial charge is 0.310 e. The Labute approximate surface area is 413 Å². The van der Waals surface area contributed by atoms with Crippen LogP contribution in [0.2, 0.25) is 0 Å². The molecule has 0 aromatic heterocycles. The van der Waals surface area contributed by atoms with Gasteiger partial charge < -0.3 is 9.80 Å². The molecule has 0 unspecified atom stereocenters. The third-order valence-corrected chi connectivity index (χ3v) is 15.0. The SMILES string of the molecule is CC(C)c1ccc2cc3c(N(c4ccc(-c5ccccc5)cc4)c4ccc5ccccc5c4)c(CC4CCCCC4)cc(N(c4ccc(-c5ccccc5)cc4)c4ccc5ccccc5c4)c3cc2c1. The molecule has 0 atom stereocenters. The Kier molecular flexibility index (Phi) is 11.7. The van der Waals surface area contributed by atoms with Crippen molar-refractivity contribution in [3.63, 3.8) is 0 Å². The average molecular weight is 903 g/mol. The van der Waals surface area contributed by atoms with Crippen molar-refractivity contribution in [1.29, 1.82) is 0 Å². The van der Waals surface area contributed by atoms with Gasteiger partial charge in [0.25, 0.3) is 0 Å². The highest BCUT2D eigenvalue weighted by Crippen LogP contribution is 2.50. The lowest BCUT2D eigenvalue weighted by Gasteiger charge is -2.34. The molecule has 1 saturated carbocycles. The summed E-state index contributed by atoms with van der Waals surface area (Å²) in [6, 6.07) is 86.4. The van der Waals surface area contributed by atoms with Crippen LogP contribution >= 0.6 is 0 Å². The van der Waals surface area contributed by atoms with Gasteiger partial charge in [-0.3, -0.25) is 0 Å². The molecule has 0 saturated heterocycles. The van der Waals surface area contributed by atoms with E-state index >= 15 is 0 Å². The van der Waals surface area contributed by atoms with E-state index in [0.29, 0.717) is 11.8 Å². The van der Waals surface area contributed by atoms with Crippen LogP contribution in [0.5, 0.6) is 0 Å². The van der Waals surface area contributed by atoms with Crippen LogP contribution in [-0.4, -0.2) is 0 Å². The molecule has 0 N–H and O–H groups in total. The van der Waals surface area contributed by atoms with Gasteiger partial charge in [-0.05, 0) is 151 Å². The fraction of sp³-hybridized carbons (Fsp3) is 0.147. The zero-order valence-corrected chi connectivity index (χ0v) is 40.2. The molecule has 0 bridgehead atoms. The van der Waals surface area contributed by atoms with Crippen LogP contribution in [0.25, 0.3) is 65.3 Å². The summed E-state index contributed by atoms with van der Waals surface area (Å²) in [5, 5.41) is 9.92. The van der Waals surface area contributed by atoms with Gasteiger partial charge in [0, 0.05) is 33.5 Å². The van der Waals surface area contributed by atoms with E-state index in [-0.39, 0.29) is 0 Å². The summed E-state index contributed by atoms with van der Waals surface area (Å²) < 4.78 is 0. The number of anilines is 6. The third kappa shape index (κ3) is 8.49. The normalized spacial score (nSPS) is 13.1. The van der Waals surface area contributed by atoms with Crippen LogP contribution < -0.4 is 9.80 Å². The quantitative estimate of drug-likeness (QED) is 0.119. The van der Waals surface area contributed by atoms with E-state index in [2.05, 4.69) is 254 Å². The van der Waals surface area contributed by atoms with Gasteiger partial charge in [-0.1, -0.05) is 210 Å². The maximum Gasteiger partial charge on any atom is 0.0573 e. The summed E-state index contributed by atoms with van der Waals surface area (Å²) in [7, 11) is 0. The highest BCUT2D eigenvalue weighted by molar-refractivity contribution is 6.14. The lowest BCUT2D eigenvalue weighted by molar-refractivity contribution is 0.357. The van der Waals surface area contributed by atoms with Gasteiger partial charge in [0.05, 0.1) is 11.4 Å². The molecule has 0 aliphatic heterocycles. The summed E-state index contributed by atoms with van der Waals surface area (Å²) in [6.07, 6.45) is 7.39. The van der Waals surface area contributed by atoms with Crippen molar-refractivity contribution in [3.05, 3.63) is 242 Å². The lowest BCUT2D eigenvalue weighted by Crippen LogP contribution is -2.18. The van der Waals surface area contributed by atoms with Crippen LogP contribution in [0, 0.1) is 5.92 Å². The molecule has 0 spiro atoms. The number of hydrogen-bond acceptors (Lipinski definition) is 2. The molecular formula is C68H58N2. The summed E-state index contributed by atoms with van der Waals surface area (Å²) in [5.41, 5.74) is 14.6. The lowest BCUT2D eigenvalue weighted by atomic mass is 9.83. The zero-order chi connectivity index (χ0) is 47.0. The van der Waals surface area contributed by atoms with Crippen molar-refractivity contribution in [2.75, 3.05) is 9.80 Å². The molecule has 12 rings (SSSR count). The average Bonchev–Trinajstić information content (AvgIpc) is 3.42. The molecule has 11 aromatic carbocycles. The second-order valence-corrected chi connectivity index (χ2v) is 19.8. The molecule has 0 heterocycles. The molecule has 1 aliphatic rings. The van der Waals surface area contributed by atoms with Crippen LogP contribution in [0.15, 0.2) is 231 Å². The molecule has 0 radical (unpaired) electrons. The number of nitrogens with zero attached hydrogens (tertiary/aromatic N) is 2. The first-order valence-corrected chi connectivity index (χ1v) is 25.4. The van der Waals surface area contributed by atoms with Crippen molar-refractivity contribution in [3.8, 4) is 22.3 Å². The Morgan fingerprint density at radius 3 is 1.40 bits per heavy atom. The predicted molar refractivity (Wildman–Crippen MR) is 301 cm³/mol. The number of benzene rings is 11. The second kappa shape index (κ2) is 18.9.